The van der Waals surface area contributed by atoms with Crippen molar-refractivity contribution in [1.82, 2.24) is 15.0 Å². The molecule has 0 spiro atoms. The number of halogens is 1. The number of hydrogen-bond donors (Lipinski definition) is 2. The summed E-state index contributed by atoms with van der Waals surface area (Å²) < 4.78 is 11.5. The first-order valence-electron chi connectivity index (χ1n) is 10.9. The normalized spacial score (nSPS) is 15.3. The minimum atomic E-state index is 0.122. The highest BCUT2D eigenvalue weighted by atomic mass is 35.5. The van der Waals surface area contributed by atoms with Crippen molar-refractivity contribution in [1.29, 1.82) is 0 Å². The summed E-state index contributed by atoms with van der Waals surface area (Å²) in [6.07, 6.45) is 5.56. The van der Waals surface area contributed by atoms with E-state index < -0.39 is 0 Å². The van der Waals surface area contributed by atoms with Crippen molar-refractivity contribution in [3.05, 3.63) is 83.1 Å². The van der Waals surface area contributed by atoms with Crippen LogP contribution in [0.4, 0.5) is 11.5 Å². The molecule has 3 heterocycles. The summed E-state index contributed by atoms with van der Waals surface area (Å²) in [5.74, 6) is 2.91. The maximum Gasteiger partial charge on any atom is 0.226 e. The van der Waals surface area contributed by atoms with Crippen molar-refractivity contribution < 1.29 is 9.15 Å². The molecule has 7 nitrogen and oxygen atoms in total. The van der Waals surface area contributed by atoms with Crippen LogP contribution >= 0.6 is 11.6 Å². The van der Waals surface area contributed by atoms with Crippen LogP contribution in [0.3, 0.4) is 0 Å². The Labute approximate surface area is 197 Å². The van der Waals surface area contributed by atoms with E-state index in [4.69, 9.17) is 20.8 Å². The van der Waals surface area contributed by atoms with Crippen molar-refractivity contribution in [3.63, 3.8) is 0 Å². The van der Waals surface area contributed by atoms with E-state index in [0.29, 0.717) is 29.0 Å². The van der Waals surface area contributed by atoms with E-state index in [9.17, 15) is 0 Å². The third kappa shape index (κ3) is 5.09. The Morgan fingerprint density at radius 1 is 1.18 bits per heavy atom. The maximum atomic E-state index is 6.01. The zero-order valence-electron chi connectivity index (χ0n) is 18.2. The summed E-state index contributed by atoms with van der Waals surface area (Å²) in [7, 11) is 0. The molecule has 2 N–H and O–H groups in total. The van der Waals surface area contributed by atoms with E-state index in [1.807, 2.05) is 55.6 Å². The van der Waals surface area contributed by atoms with Crippen molar-refractivity contribution >= 4 is 23.1 Å². The molecule has 1 aliphatic rings. The molecule has 1 aliphatic heterocycles. The lowest BCUT2D eigenvalue weighted by Gasteiger charge is -2.19. The molecule has 0 radical (unpaired) electrons. The van der Waals surface area contributed by atoms with Crippen LogP contribution in [0.15, 0.2) is 65.4 Å². The van der Waals surface area contributed by atoms with Crippen LogP contribution in [0.5, 0.6) is 5.75 Å². The van der Waals surface area contributed by atoms with Crippen LogP contribution in [0, 0.1) is 6.92 Å². The Bertz CT molecular complexity index is 1260. The first-order chi connectivity index (χ1) is 16.1. The third-order valence-electron chi connectivity index (χ3n) is 5.46. The summed E-state index contributed by atoms with van der Waals surface area (Å²) in [5, 5.41) is 7.68. The molecule has 168 valence electrons. The van der Waals surface area contributed by atoms with Crippen LogP contribution in [0.25, 0.3) is 11.5 Å². The van der Waals surface area contributed by atoms with Crippen LogP contribution < -0.4 is 15.4 Å². The van der Waals surface area contributed by atoms with Crippen molar-refractivity contribution in [3.8, 4) is 17.2 Å². The van der Waals surface area contributed by atoms with Gasteiger partial charge in [-0.05, 0) is 56.2 Å². The Balaban J connectivity index is 1.30. The predicted molar refractivity (Wildman–Crippen MR) is 129 cm³/mol. The number of rotatable bonds is 6. The number of fused-ring (bicyclic) bond motifs is 1. The van der Waals surface area contributed by atoms with Gasteiger partial charge in [0.05, 0.1) is 6.04 Å². The maximum absolute atomic E-state index is 6.01. The van der Waals surface area contributed by atoms with E-state index in [-0.39, 0.29) is 6.04 Å². The van der Waals surface area contributed by atoms with Gasteiger partial charge in [0.25, 0.3) is 0 Å². The molecule has 5 rings (SSSR count). The predicted octanol–water partition coefficient (Wildman–Crippen LogP) is 6.03. The van der Waals surface area contributed by atoms with Gasteiger partial charge in [0.15, 0.2) is 0 Å². The largest absolute Gasteiger partial charge is 0.487 e. The highest BCUT2D eigenvalue weighted by molar-refractivity contribution is 6.30. The minimum Gasteiger partial charge on any atom is -0.487 e. The molecule has 4 aromatic rings. The number of hydrogen-bond acceptors (Lipinski definition) is 7. The first-order valence-corrected chi connectivity index (χ1v) is 11.3. The van der Waals surface area contributed by atoms with Gasteiger partial charge in [0.2, 0.25) is 5.89 Å². The fraction of sp³-hybridized carbons (Fsp3) is 0.240. The smallest absolute Gasteiger partial charge is 0.226 e. The summed E-state index contributed by atoms with van der Waals surface area (Å²) in [5.41, 5.74) is 3.67. The van der Waals surface area contributed by atoms with Crippen molar-refractivity contribution in [2.45, 2.75) is 32.4 Å². The number of ether oxygens (including phenoxy) is 1. The average Bonchev–Trinajstić information content (AvgIpc) is 3.21. The standard InChI is InChI=1S/C25H24ClN5O2/c1-16-28-13-22-23(9-4-10-27-24(22)29-16)30-19-7-2-5-17(11-19)25-31-20(15-33-25)14-32-21-8-3-6-18(26)12-21/h2-3,5-8,11-13,15,23,30H,4,9-10,14H2,1H3,(H,27,28,29). The first kappa shape index (κ1) is 21.3. The Kier molecular flexibility index (Phi) is 6.13. The van der Waals surface area contributed by atoms with E-state index in [0.717, 1.165) is 47.8 Å². The molecule has 1 unspecified atom stereocenters. The zero-order valence-corrected chi connectivity index (χ0v) is 19.0. The Morgan fingerprint density at radius 3 is 3.00 bits per heavy atom. The van der Waals surface area contributed by atoms with Gasteiger partial charge in [-0.3, -0.25) is 0 Å². The number of aromatic nitrogens is 3. The van der Waals surface area contributed by atoms with Gasteiger partial charge in [-0.25, -0.2) is 15.0 Å². The van der Waals surface area contributed by atoms with E-state index >= 15 is 0 Å². The minimum absolute atomic E-state index is 0.122. The van der Waals surface area contributed by atoms with Gasteiger partial charge in [-0.15, -0.1) is 0 Å². The molecule has 0 saturated heterocycles. The SMILES string of the molecule is Cc1ncc2c(n1)NCCCC2Nc1cccc(-c2nc(COc3cccc(Cl)c3)co2)c1. The third-order valence-corrected chi connectivity index (χ3v) is 5.70. The number of nitrogens with zero attached hydrogens (tertiary/aromatic N) is 3. The number of anilines is 2. The number of benzene rings is 2. The summed E-state index contributed by atoms with van der Waals surface area (Å²) in [6, 6.07) is 15.5. The second kappa shape index (κ2) is 9.50. The molecule has 33 heavy (non-hydrogen) atoms. The fourth-order valence-electron chi connectivity index (χ4n) is 3.86. The second-order valence-corrected chi connectivity index (χ2v) is 8.39. The van der Waals surface area contributed by atoms with Crippen molar-refractivity contribution in [2.24, 2.45) is 0 Å². The van der Waals surface area contributed by atoms with Gasteiger partial charge in [-0.1, -0.05) is 23.7 Å². The molecule has 1 atom stereocenters. The molecule has 0 aliphatic carbocycles. The van der Waals surface area contributed by atoms with Crippen LogP contribution in [0.2, 0.25) is 5.02 Å². The molecule has 2 aromatic carbocycles. The highest BCUT2D eigenvalue weighted by Crippen LogP contribution is 2.32. The lowest BCUT2D eigenvalue weighted by Crippen LogP contribution is -2.12. The zero-order chi connectivity index (χ0) is 22.6. The van der Waals surface area contributed by atoms with Gasteiger partial charge < -0.3 is 19.8 Å². The monoisotopic (exact) mass is 461 g/mol. The molecular weight excluding hydrogens is 438 g/mol. The summed E-state index contributed by atoms with van der Waals surface area (Å²) in [4.78, 5) is 13.6. The van der Waals surface area contributed by atoms with E-state index in [2.05, 4.69) is 25.6 Å². The molecule has 0 amide bonds. The van der Waals surface area contributed by atoms with Crippen LogP contribution in [-0.2, 0) is 6.61 Å². The van der Waals surface area contributed by atoms with Crippen molar-refractivity contribution in [2.75, 3.05) is 17.2 Å². The Morgan fingerprint density at radius 2 is 2.09 bits per heavy atom. The van der Waals surface area contributed by atoms with Gasteiger partial charge in [-0.2, -0.15) is 0 Å². The summed E-state index contributed by atoms with van der Waals surface area (Å²) >= 11 is 6.01. The lowest BCUT2D eigenvalue weighted by molar-refractivity contribution is 0.301. The summed E-state index contributed by atoms with van der Waals surface area (Å²) in [6.45, 7) is 3.11. The molecule has 0 fully saturated rings. The molecule has 2 aromatic heterocycles. The van der Waals surface area contributed by atoms with E-state index in [1.54, 1.807) is 12.3 Å². The lowest BCUT2D eigenvalue weighted by atomic mass is 10.0. The van der Waals surface area contributed by atoms with E-state index in [1.165, 1.54) is 0 Å². The van der Waals surface area contributed by atoms with Crippen LogP contribution in [0.1, 0.15) is 36.0 Å². The second-order valence-electron chi connectivity index (χ2n) is 7.96. The van der Waals surface area contributed by atoms with Crippen LogP contribution in [-0.4, -0.2) is 21.5 Å². The molecular formula is C25H24ClN5O2. The number of oxazole rings is 1. The number of nitrogens with one attached hydrogen (secondary N) is 2. The number of aryl methyl sites for hydroxylation is 1. The van der Waals surface area contributed by atoms with Gasteiger partial charge in [0.1, 0.15) is 36.0 Å². The Hall–Kier alpha value is -3.58. The van der Waals surface area contributed by atoms with Gasteiger partial charge >= 0.3 is 0 Å². The quantitative estimate of drug-likeness (QED) is 0.362. The fourth-order valence-corrected chi connectivity index (χ4v) is 4.04. The molecule has 0 bridgehead atoms. The highest BCUT2D eigenvalue weighted by Gasteiger charge is 2.20. The average molecular weight is 462 g/mol. The molecule has 8 heteroatoms. The molecule has 0 saturated carbocycles. The topological polar surface area (TPSA) is 85.1 Å². The van der Waals surface area contributed by atoms with Gasteiger partial charge in [0, 0.05) is 34.6 Å².